The molecule has 1 saturated heterocycles. The van der Waals surface area contributed by atoms with Crippen LogP contribution in [0, 0.1) is 5.92 Å². The number of nitrogens with one attached hydrogen (secondary N) is 3. The first-order valence-electron chi connectivity index (χ1n) is 8.98. The number of benzene rings is 2. The Kier molecular flexibility index (Phi) is 4.77. The van der Waals surface area contributed by atoms with E-state index in [-0.39, 0.29) is 24.7 Å². The summed E-state index contributed by atoms with van der Waals surface area (Å²) in [4.78, 5) is 12.7. The molecule has 1 fully saturated rings. The van der Waals surface area contributed by atoms with Gasteiger partial charge in [0.25, 0.3) is 0 Å². The molecule has 0 aliphatic carbocycles. The fraction of sp³-hybridized carbons (Fsp3) is 0.350. The molecule has 2 aromatic carbocycles. The van der Waals surface area contributed by atoms with Crippen molar-refractivity contribution < 1.29 is 14.3 Å². The first-order valence-corrected chi connectivity index (χ1v) is 8.98. The minimum absolute atomic E-state index is 0.0299. The van der Waals surface area contributed by atoms with Crippen LogP contribution in [0.1, 0.15) is 29.7 Å². The van der Waals surface area contributed by atoms with Crippen molar-refractivity contribution in [1.82, 2.24) is 16.2 Å². The lowest BCUT2D eigenvalue weighted by molar-refractivity contribution is -0.125. The zero-order valence-electron chi connectivity index (χ0n) is 14.7. The average Bonchev–Trinajstić information content (AvgIpc) is 3.35. The van der Waals surface area contributed by atoms with E-state index in [1.807, 2.05) is 18.2 Å². The molecule has 0 radical (unpaired) electrons. The van der Waals surface area contributed by atoms with Gasteiger partial charge in [0.2, 0.25) is 12.7 Å². The minimum Gasteiger partial charge on any atom is -0.454 e. The minimum atomic E-state index is -0.156. The third kappa shape index (κ3) is 3.38. The maximum Gasteiger partial charge on any atom is 0.231 e. The Balaban J connectivity index is 1.40. The molecular weight excluding hydrogens is 330 g/mol. The van der Waals surface area contributed by atoms with Crippen LogP contribution in [0.25, 0.3) is 0 Å². The van der Waals surface area contributed by atoms with E-state index in [1.165, 1.54) is 5.56 Å². The second kappa shape index (κ2) is 7.35. The molecule has 0 spiro atoms. The topological polar surface area (TPSA) is 71.6 Å². The van der Waals surface area contributed by atoms with E-state index in [4.69, 9.17) is 9.47 Å². The molecule has 6 nitrogen and oxygen atoms in total. The Labute approximate surface area is 152 Å². The number of fused-ring (bicyclic) bond motifs is 1. The first-order chi connectivity index (χ1) is 12.7. The summed E-state index contributed by atoms with van der Waals surface area (Å²) in [6, 6.07) is 14.1. The quantitative estimate of drug-likeness (QED) is 0.767. The highest BCUT2D eigenvalue weighted by Gasteiger charge is 2.33. The van der Waals surface area contributed by atoms with E-state index < -0.39 is 0 Å². The third-order valence-electron chi connectivity index (χ3n) is 4.97. The van der Waals surface area contributed by atoms with Crippen molar-refractivity contribution in [2.75, 3.05) is 13.3 Å². The van der Waals surface area contributed by atoms with Crippen LogP contribution < -0.4 is 25.6 Å². The zero-order chi connectivity index (χ0) is 17.9. The second-order valence-corrected chi connectivity index (χ2v) is 6.61. The molecule has 2 atom stereocenters. The first kappa shape index (κ1) is 16.9. The molecule has 1 amide bonds. The van der Waals surface area contributed by atoms with Gasteiger partial charge in [0.15, 0.2) is 11.5 Å². The number of aryl methyl sites for hydroxylation is 1. The van der Waals surface area contributed by atoms with Gasteiger partial charge >= 0.3 is 0 Å². The predicted octanol–water partition coefficient (Wildman–Crippen LogP) is 2.06. The standard InChI is InChI=1S/C20H23N3O3/c1-2-13-3-6-15(7-4-13)19-16(11-22-23-19)20(24)21-10-14-5-8-17-18(9-14)26-12-25-17/h3-9,16,19,22-23H,2,10-12H2,1H3,(H,21,24). The molecule has 0 saturated carbocycles. The Morgan fingerprint density at radius 1 is 1.12 bits per heavy atom. The fourth-order valence-electron chi connectivity index (χ4n) is 3.39. The van der Waals surface area contributed by atoms with Gasteiger partial charge < -0.3 is 14.8 Å². The molecular formula is C20H23N3O3. The Morgan fingerprint density at radius 2 is 1.88 bits per heavy atom. The number of amides is 1. The van der Waals surface area contributed by atoms with Crippen molar-refractivity contribution in [2.45, 2.75) is 25.9 Å². The number of rotatable bonds is 5. The molecule has 2 heterocycles. The SMILES string of the molecule is CCc1ccc(C2NNCC2C(=O)NCc2ccc3c(c2)OCO3)cc1. The fourth-order valence-corrected chi connectivity index (χ4v) is 3.39. The number of ether oxygens (including phenoxy) is 2. The lowest BCUT2D eigenvalue weighted by Gasteiger charge is -2.19. The molecule has 0 bridgehead atoms. The Bertz CT molecular complexity index is 791. The third-order valence-corrected chi connectivity index (χ3v) is 4.97. The monoisotopic (exact) mass is 353 g/mol. The summed E-state index contributed by atoms with van der Waals surface area (Å²) >= 11 is 0. The largest absolute Gasteiger partial charge is 0.454 e. The maximum absolute atomic E-state index is 12.7. The van der Waals surface area contributed by atoms with Gasteiger partial charge in [-0.1, -0.05) is 37.3 Å². The van der Waals surface area contributed by atoms with E-state index in [2.05, 4.69) is 47.4 Å². The molecule has 3 N–H and O–H groups in total. The number of carbonyl (C=O) groups excluding carboxylic acids is 1. The number of hydrogen-bond acceptors (Lipinski definition) is 5. The van der Waals surface area contributed by atoms with Crippen LogP contribution in [0.2, 0.25) is 0 Å². The van der Waals surface area contributed by atoms with Gasteiger partial charge in [0.05, 0.1) is 12.0 Å². The maximum atomic E-state index is 12.7. The van der Waals surface area contributed by atoms with E-state index in [0.717, 1.165) is 29.0 Å². The van der Waals surface area contributed by atoms with E-state index in [1.54, 1.807) is 0 Å². The lowest BCUT2D eigenvalue weighted by Crippen LogP contribution is -2.34. The zero-order valence-corrected chi connectivity index (χ0v) is 14.7. The van der Waals surface area contributed by atoms with Crippen LogP contribution in [-0.4, -0.2) is 19.2 Å². The van der Waals surface area contributed by atoms with E-state index >= 15 is 0 Å². The van der Waals surface area contributed by atoms with Crippen LogP contribution in [-0.2, 0) is 17.8 Å². The highest BCUT2D eigenvalue weighted by molar-refractivity contribution is 5.80. The van der Waals surface area contributed by atoms with Crippen LogP contribution in [0.4, 0.5) is 0 Å². The molecule has 26 heavy (non-hydrogen) atoms. The summed E-state index contributed by atoms with van der Waals surface area (Å²) in [5.74, 6) is 1.36. The summed E-state index contributed by atoms with van der Waals surface area (Å²) in [6.45, 7) is 3.46. The van der Waals surface area contributed by atoms with Crippen LogP contribution in [0.3, 0.4) is 0 Å². The average molecular weight is 353 g/mol. The molecule has 136 valence electrons. The van der Waals surface area contributed by atoms with Crippen LogP contribution >= 0.6 is 0 Å². The number of hydrazine groups is 1. The van der Waals surface area contributed by atoms with Crippen molar-refractivity contribution in [3.8, 4) is 11.5 Å². The predicted molar refractivity (Wildman–Crippen MR) is 97.6 cm³/mol. The number of carbonyl (C=O) groups is 1. The van der Waals surface area contributed by atoms with Crippen molar-refractivity contribution >= 4 is 5.91 Å². The van der Waals surface area contributed by atoms with Gasteiger partial charge in [-0.3, -0.25) is 10.2 Å². The van der Waals surface area contributed by atoms with Crippen molar-refractivity contribution in [3.05, 3.63) is 59.2 Å². The van der Waals surface area contributed by atoms with Crippen molar-refractivity contribution in [1.29, 1.82) is 0 Å². The summed E-state index contributed by atoms with van der Waals surface area (Å²) in [5, 5.41) is 3.04. The smallest absolute Gasteiger partial charge is 0.231 e. The van der Waals surface area contributed by atoms with Gasteiger partial charge in [0, 0.05) is 13.1 Å². The summed E-state index contributed by atoms with van der Waals surface area (Å²) < 4.78 is 10.7. The highest BCUT2D eigenvalue weighted by Crippen LogP contribution is 2.32. The van der Waals surface area contributed by atoms with E-state index in [0.29, 0.717) is 13.1 Å². The molecule has 0 aromatic heterocycles. The molecule has 2 unspecified atom stereocenters. The van der Waals surface area contributed by atoms with Gasteiger partial charge in [-0.2, -0.15) is 0 Å². The molecule has 2 aliphatic heterocycles. The normalized spacial score (nSPS) is 21.0. The lowest BCUT2D eigenvalue weighted by atomic mass is 9.93. The number of hydrogen-bond donors (Lipinski definition) is 3. The van der Waals surface area contributed by atoms with Gasteiger partial charge in [-0.25, -0.2) is 5.43 Å². The molecule has 2 aliphatic rings. The van der Waals surface area contributed by atoms with E-state index in [9.17, 15) is 4.79 Å². The molecule has 4 rings (SSSR count). The Morgan fingerprint density at radius 3 is 2.69 bits per heavy atom. The summed E-state index contributed by atoms with van der Waals surface area (Å²) in [7, 11) is 0. The Hall–Kier alpha value is -2.57. The van der Waals surface area contributed by atoms with Crippen LogP contribution in [0.15, 0.2) is 42.5 Å². The summed E-state index contributed by atoms with van der Waals surface area (Å²) in [6.07, 6.45) is 1.01. The highest BCUT2D eigenvalue weighted by atomic mass is 16.7. The van der Waals surface area contributed by atoms with Gasteiger partial charge in [-0.05, 0) is 35.2 Å². The molecule has 6 heteroatoms. The van der Waals surface area contributed by atoms with Crippen molar-refractivity contribution in [3.63, 3.8) is 0 Å². The molecule has 2 aromatic rings. The van der Waals surface area contributed by atoms with Gasteiger partial charge in [0.1, 0.15) is 0 Å². The van der Waals surface area contributed by atoms with Gasteiger partial charge in [-0.15, -0.1) is 0 Å². The second-order valence-electron chi connectivity index (χ2n) is 6.61. The van der Waals surface area contributed by atoms with Crippen molar-refractivity contribution in [2.24, 2.45) is 5.92 Å². The van der Waals surface area contributed by atoms with Crippen LogP contribution in [0.5, 0.6) is 11.5 Å². The summed E-state index contributed by atoms with van der Waals surface area (Å²) in [5.41, 5.74) is 9.75.